The summed E-state index contributed by atoms with van der Waals surface area (Å²) in [4.78, 5) is 22.3. The molecule has 0 fully saturated rings. The molecule has 1 rings (SSSR count). The van der Waals surface area contributed by atoms with Gasteiger partial charge in [0, 0.05) is 18.0 Å². The van der Waals surface area contributed by atoms with Gasteiger partial charge in [-0.05, 0) is 11.6 Å². The van der Waals surface area contributed by atoms with E-state index in [1.165, 1.54) is 6.92 Å². The molecular formula is C14H19NO4. The average Bonchev–Trinajstić information content (AvgIpc) is 2.37. The van der Waals surface area contributed by atoms with Crippen molar-refractivity contribution in [3.8, 4) is 0 Å². The molecule has 5 heteroatoms. The van der Waals surface area contributed by atoms with Crippen molar-refractivity contribution in [2.75, 3.05) is 18.5 Å². The van der Waals surface area contributed by atoms with E-state index in [0.29, 0.717) is 5.69 Å². The minimum Gasteiger partial charge on any atom is -0.456 e. The Balaban J connectivity index is 2.84. The van der Waals surface area contributed by atoms with Crippen molar-refractivity contribution in [3.05, 3.63) is 29.8 Å². The van der Waals surface area contributed by atoms with Gasteiger partial charge in [0.15, 0.2) is 6.61 Å². The number of aliphatic hydroxyl groups excluding tert-OH is 1. The number of carbonyl (C=O) groups is 2. The molecule has 2 N–H and O–H groups in total. The van der Waals surface area contributed by atoms with Crippen LogP contribution in [0.5, 0.6) is 0 Å². The molecule has 1 amide bonds. The van der Waals surface area contributed by atoms with Gasteiger partial charge in [-0.3, -0.25) is 9.59 Å². The molecule has 19 heavy (non-hydrogen) atoms. The van der Waals surface area contributed by atoms with Crippen LogP contribution in [-0.4, -0.2) is 30.2 Å². The lowest BCUT2D eigenvalue weighted by atomic mass is 9.84. The van der Waals surface area contributed by atoms with Crippen LogP contribution < -0.4 is 5.32 Å². The summed E-state index contributed by atoms with van der Waals surface area (Å²) in [6.07, 6.45) is 0. The number of amides is 1. The van der Waals surface area contributed by atoms with Gasteiger partial charge in [-0.2, -0.15) is 0 Å². The van der Waals surface area contributed by atoms with Crippen LogP contribution in [0.2, 0.25) is 0 Å². The summed E-state index contributed by atoms with van der Waals surface area (Å²) in [7, 11) is 0. The first kappa shape index (κ1) is 15.2. The fraction of sp³-hybridized carbons (Fsp3) is 0.429. The fourth-order valence-electron chi connectivity index (χ4n) is 1.62. The molecule has 0 spiro atoms. The number of hydrogen-bond acceptors (Lipinski definition) is 4. The van der Waals surface area contributed by atoms with Crippen LogP contribution in [0, 0.1) is 0 Å². The van der Waals surface area contributed by atoms with Gasteiger partial charge in [-0.1, -0.05) is 32.0 Å². The fourth-order valence-corrected chi connectivity index (χ4v) is 1.62. The summed E-state index contributed by atoms with van der Waals surface area (Å²) in [5.74, 6) is -0.907. The van der Waals surface area contributed by atoms with Gasteiger partial charge in [-0.15, -0.1) is 0 Å². The number of esters is 1. The molecule has 0 saturated heterocycles. The highest BCUT2D eigenvalue weighted by molar-refractivity contribution is 5.93. The van der Waals surface area contributed by atoms with E-state index in [4.69, 9.17) is 0 Å². The Morgan fingerprint density at radius 2 is 1.95 bits per heavy atom. The molecule has 0 radical (unpaired) electrons. The molecule has 0 bridgehead atoms. The van der Waals surface area contributed by atoms with Gasteiger partial charge in [-0.25, -0.2) is 0 Å². The zero-order valence-corrected chi connectivity index (χ0v) is 11.4. The van der Waals surface area contributed by atoms with Gasteiger partial charge in [0.2, 0.25) is 0 Å². The average molecular weight is 265 g/mol. The molecule has 0 aliphatic rings. The van der Waals surface area contributed by atoms with Crippen LogP contribution in [0.25, 0.3) is 0 Å². The molecule has 0 aliphatic heterocycles. The molecule has 0 aromatic heterocycles. The van der Waals surface area contributed by atoms with Crippen molar-refractivity contribution in [3.63, 3.8) is 0 Å². The second kappa shape index (κ2) is 6.33. The molecule has 0 saturated carbocycles. The summed E-state index contributed by atoms with van der Waals surface area (Å²) in [6, 6.07) is 7.23. The smallest absolute Gasteiger partial charge is 0.303 e. The number of rotatable bonds is 5. The van der Waals surface area contributed by atoms with E-state index in [1.54, 1.807) is 12.1 Å². The second-order valence-electron chi connectivity index (χ2n) is 4.92. The Labute approximate surface area is 112 Å². The number of anilines is 1. The minimum atomic E-state index is -0.501. The van der Waals surface area contributed by atoms with E-state index in [9.17, 15) is 14.7 Å². The third-order valence-corrected chi connectivity index (χ3v) is 2.73. The number of ether oxygens (including phenoxy) is 1. The largest absolute Gasteiger partial charge is 0.456 e. The number of para-hydroxylation sites is 1. The topological polar surface area (TPSA) is 75.6 Å². The van der Waals surface area contributed by atoms with Crippen molar-refractivity contribution in [1.29, 1.82) is 0 Å². The normalized spacial score (nSPS) is 10.9. The van der Waals surface area contributed by atoms with E-state index < -0.39 is 17.3 Å². The van der Waals surface area contributed by atoms with Crippen molar-refractivity contribution in [1.82, 2.24) is 0 Å². The summed E-state index contributed by atoms with van der Waals surface area (Å²) >= 11 is 0. The van der Waals surface area contributed by atoms with Crippen LogP contribution in [-0.2, 0) is 19.7 Å². The monoisotopic (exact) mass is 265 g/mol. The molecule has 0 heterocycles. The van der Waals surface area contributed by atoms with E-state index in [1.807, 2.05) is 26.0 Å². The van der Waals surface area contributed by atoms with E-state index in [0.717, 1.165) is 5.56 Å². The number of hydrogen-bond donors (Lipinski definition) is 2. The molecule has 5 nitrogen and oxygen atoms in total. The van der Waals surface area contributed by atoms with Gasteiger partial charge < -0.3 is 15.2 Å². The molecule has 1 aromatic carbocycles. The van der Waals surface area contributed by atoms with Crippen LogP contribution >= 0.6 is 0 Å². The predicted octanol–water partition coefficient (Wildman–Crippen LogP) is 1.46. The summed E-state index contributed by atoms with van der Waals surface area (Å²) in [5, 5.41) is 12.1. The summed E-state index contributed by atoms with van der Waals surface area (Å²) in [5.41, 5.74) is 0.970. The van der Waals surface area contributed by atoms with Gasteiger partial charge in [0.05, 0.1) is 6.61 Å². The predicted molar refractivity (Wildman–Crippen MR) is 71.8 cm³/mol. The highest BCUT2D eigenvalue weighted by Gasteiger charge is 2.23. The molecule has 104 valence electrons. The quantitative estimate of drug-likeness (QED) is 0.790. The van der Waals surface area contributed by atoms with Gasteiger partial charge >= 0.3 is 5.97 Å². The lowest BCUT2D eigenvalue weighted by Gasteiger charge is -2.25. The first-order valence-corrected chi connectivity index (χ1v) is 6.00. The maximum Gasteiger partial charge on any atom is 0.303 e. The minimum absolute atomic E-state index is 0.0379. The maximum absolute atomic E-state index is 11.6. The number of carbonyl (C=O) groups excluding carboxylic acids is 2. The first-order valence-electron chi connectivity index (χ1n) is 6.00. The highest BCUT2D eigenvalue weighted by atomic mass is 16.5. The number of aliphatic hydroxyl groups is 1. The van der Waals surface area contributed by atoms with Gasteiger partial charge in [0.1, 0.15) is 0 Å². The molecule has 1 aromatic rings. The highest BCUT2D eigenvalue weighted by Crippen LogP contribution is 2.29. The van der Waals surface area contributed by atoms with Gasteiger partial charge in [0.25, 0.3) is 5.91 Å². The van der Waals surface area contributed by atoms with Crippen LogP contribution in [0.15, 0.2) is 24.3 Å². The lowest BCUT2D eigenvalue weighted by molar-refractivity contribution is -0.144. The Hall–Kier alpha value is -1.88. The molecular weight excluding hydrogens is 246 g/mol. The SMILES string of the molecule is CC(=O)OCC(=O)Nc1ccccc1C(C)(C)CO. The van der Waals surface area contributed by atoms with Crippen molar-refractivity contribution in [2.45, 2.75) is 26.2 Å². The first-order chi connectivity index (χ1) is 8.86. The zero-order valence-electron chi connectivity index (χ0n) is 11.4. The number of benzene rings is 1. The Morgan fingerprint density at radius 3 is 2.53 bits per heavy atom. The van der Waals surface area contributed by atoms with Crippen molar-refractivity contribution < 1.29 is 19.4 Å². The van der Waals surface area contributed by atoms with Crippen LogP contribution in [0.4, 0.5) is 5.69 Å². The van der Waals surface area contributed by atoms with E-state index in [2.05, 4.69) is 10.1 Å². The number of nitrogens with one attached hydrogen (secondary N) is 1. The van der Waals surface area contributed by atoms with E-state index >= 15 is 0 Å². The van der Waals surface area contributed by atoms with Crippen LogP contribution in [0.1, 0.15) is 26.3 Å². The third kappa shape index (κ3) is 4.37. The zero-order chi connectivity index (χ0) is 14.5. The molecule has 0 atom stereocenters. The Morgan fingerprint density at radius 1 is 1.32 bits per heavy atom. The van der Waals surface area contributed by atoms with Crippen molar-refractivity contribution in [2.24, 2.45) is 0 Å². The van der Waals surface area contributed by atoms with Crippen molar-refractivity contribution >= 4 is 17.6 Å². The standard InChI is InChI=1S/C14H19NO4/c1-10(17)19-8-13(18)15-12-7-5-4-6-11(12)14(2,3)9-16/h4-7,16H,8-9H2,1-3H3,(H,15,18). The van der Waals surface area contributed by atoms with E-state index in [-0.39, 0.29) is 13.2 Å². The molecule has 0 unspecified atom stereocenters. The Kier molecular flexibility index (Phi) is 5.06. The summed E-state index contributed by atoms with van der Waals surface area (Å²) < 4.78 is 4.63. The maximum atomic E-state index is 11.6. The molecule has 0 aliphatic carbocycles. The van der Waals surface area contributed by atoms with Crippen LogP contribution in [0.3, 0.4) is 0 Å². The Bertz CT molecular complexity index is 468. The third-order valence-electron chi connectivity index (χ3n) is 2.73. The summed E-state index contributed by atoms with van der Waals surface area (Å²) in [6.45, 7) is 4.65. The lowest BCUT2D eigenvalue weighted by Crippen LogP contribution is -2.26. The second-order valence-corrected chi connectivity index (χ2v) is 4.92.